The van der Waals surface area contributed by atoms with Gasteiger partial charge in [0.2, 0.25) is 5.91 Å². The molecule has 0 spiro atoms. The van der Waals surface area contributed by atoms with E-state index in [-0.39, 0.29) is 5.91 Å². The smallest absolute Gasteiger partial charge is 0.423 e. The lowest BCUT2D eigenvalue weighted by Gasteiger charge is -2.37. The number of hydrogen-bond acceptors (Lipinski definition) is 5. The molecule has 1 fully saturated rings. The molecule has 1 aromatic carbocycles. The number of benzene rings is 1. The summed E-state index contributed by atoms with van der Waals surface area (Å²) in [6.45, 7) is 3.19. The van der Waals surface area contributed by atoms with Crippen LogP contribution in [0.4, 0.5) is 0 Å². The summed E-state index contributed by atoms with van der Waals surface area (Å²) in [5.74, 6) is 1.32. The number of amides is 1. The van der Waals surface area contributed by atoms with Gasteiger partial charge in [0, 0.05) is 45.2 Å². The average molecular weight is 341 g/mol. The normalized spacial score (nSPS) is 17.4. The maximum atomic E-state index is 12.4. The predicted octanol–water partition coefficient (Wildman–Crippen LogP) is 0.149. The molecule has 132 valence electrons. The Hall–Kier alpha value is -2.12. The molecule has 2 aliphatic rings. The Morgan fingerprint density at radius 3 is 2.44 bits per heavy atom. The van der Waals surface area contributed by atoms with Crippen molar-refractivity contribution in [3.63, 3.8) is 0 Å². The number of nitrogens with zero attached hydrogens (tertiary/aromatic N) is 3. The molecule has 2 heterocycles. The number of hydrogen-bond donors (Lipinski definition) is 2. The number of aryl methyl sites for hydroxylation is 1. The summed E-state index contributed by atoms with van der Waals surface area (Å²) >= 11 is 0. The summed E-state index contributed by atoms with van der Waals surface area (Å²) in [4.78, 5) is 21.1. The number of carbonyl (C=O) groups is 1. The molecule has 1 amide bonds. The topological polar surface area (TPSA) is 76.4 Å². The van der Waals surface area contributed by atoms with E-state index in [9.17, 15) is 4.79 Å². The lowest BCUT2D eigenvalue weighted by atomic mass is 9.80. The van der Waals surface area contributed by atoms with Crippen LogP contribution in [0.2, 0.25) is 0 Å². The number of aliphatic imine (C=N–C) groups is 1. The van der Waals surface area contributed by atoms with E-state index in [1.54, 1.807) is 12.1 Å². The number of allylic oxidation sites excluding steroid dienone is 1. The molecule has 0 aromatic heterocycles. The Labute approximate surface area is 148 Å². The minimum atomic E-state index is -1.45. The zero-order valence-corrected chi connectivity index (χ0v) is 14.3. The third-order valence-electron chi connectivity index (χ3n) is 4.77. The average Bonchev–Trinajstić information content (AvgIpc) is 2.67. The first-order valence-corrected chi connectivity index (χ1v) is 8.83. The first kappa shape index (κ1) is 17.7. The minimum absolute atomic E-state index is 0.177. The van der Waals surface area contributed by atoms with Crippen molar-refractivity contribution < 1.29 is 14.8 Å². The Balaban J connectivity index is 1.45. The molecular formula is C18H24BN3O3. The van der Waals surface area contributed by atoms with Gasteiger partial charge in [0.05, 0.1) is 0 Å². The zero-order valence-electron chi connectivity index (χ0n) is 14.3. The maximum absolute atomic E-state index is 12.4. The van der Waals surface area contributed by atoms with Crippen LogP contribution in [-0.4, -0.2) is 64.9 Å². The van der Waals surface area contributed by atoms with Gasteiger partial charge in [0.1, 0.15) is 5.84 Å². The standard InChI is InChI=1S/C18H24BN3O3/c23-18(9-6-15-4-7-16(8-5-15)19(24)25)22-13-11-21(12-14-22)17-3-1-2-10-20-17/h2,4-5,7-8,10,24-25H,1,3,6,9,11-14H2. The highest BCUT2D eigenvalue weighted by Gasteiger charge is 2.23. The van der Waals surface area contributed by atoms with Crippen LogP contribution in [0.25, 0.3) is 0 Å². The Kier molecular flexibility index (Phi) is 5.89. The van der Waals surface area contributed by atoms with Gasteiger partial charge in [-0.3, -0.25) is 4.79 Å². The highest BCUT2D eigenvalue weighted by molar-refractivity contribution is 6.58. The molecule has 0 saturated carbocycles. The van der Waals surface area contributed by atoms with Crippen molar-refractivity contribution in [1.29, 1.82) is 0 Å². The second kappa shape index (κ2) is 8.31. The molecule has 25 heavy (non-hydrogen) atoms. The highest BCUT2D eigenvalue weighted by atomic mass is 16.4. The monoisotopic (exact) mass is 341 g/mol. The van der Waals surface area contributed by atoms with Gasteiger partial charge in [-0.05, 0) is 23.9 Å². The fourth-order valence-electron chi connectivity index (χ4n) is 3.21. The molecule has 7 heteroatoms. The summed E-state index contributed by atoms with van der Waals surface area (Å²) in [6, 6.07) is 7.05. The number of carbonyl (C=O) groups excluding carboxylic acids is 1. The molecule has 2 aliphatic heterocycles. The molecule has 0 radical (unpaired) electrons. The van der Waals surface area contributed by atoms with Gasteiger partial charge in [-0.2, -0.15) is 0 Å². The first-order valence-electron chi connectivity index (χ1n) is 8.83. The fourth-order valence-corrected chi connectivity index (χ4v) is 3.21. The second-order valence-electron chi connectivity index (χ2n) is 6.45. The number of rotatable bonds is 4. The van der Waals surface area contributed by atoms with E-state index in [0.717, 1.165) is 50.4 Å². The molecule has 0 unspecified atom stereocenters. The van der Waals surface area contributed by atoms with Crippen LogP contribution in [0, 0.1) is 0 Å². The van der Waals surface area contributed by atoms with Crippen LogP contribution >= 0.6 is 0 Å². The van der Waals surface area contributed by atoms with Crippen molar-refractivity contribution in [3.05, 3.63) is 42.1 Å². The van der Waals surface area contributed by atoms with Crippen molar-refractivity contribution >= 4 is 24.3 Å². The molecule has 0 aliphatic carbocycles. The Morgan fingerprint density at radius 2 is 1.84 bits per heavy atom. The summed E-state index contributed by atoms with van der Waals surface area (Å²) in [7, 11) is -1.45. The van der Waals surface area contributed by atoms with Crippen LogP contribution in [0.15, 0.2) is 41.5 Å². The van der Waals surface area contributed by atoms with E-state index in [1.165, 1.54) is 0 Å². The van der Waals surface area contributed by atoms with Crippen LogP contribution in [0.3, 0.4) is 0 Å². The lowest BCUT2D eigenvalue weighted by molar-refractivity contribution is -0.132. The summed E-state index contributed by atoms with van der Waals surface area (Å²) in [6.07, 6.45) is 7.13. The SMILES string of the molecule is O=C(CCc1ccc(B(O)O)cc1)N1CCN(C2=NC=CCC2)CC1. The van der Waals surface area contributed by atoms with Crippen molar-refractivity contribution in [2.75, 3.05) is 26.2 Å². The van der Waals surface area contributed by atoms with E-state index in [1.807, 2.05) is 23.2 Å². The largest absolute Gasteiger partial charge is 0.488 e. The van der Waals surface area contributed by atoms with E-state index in [2.05, 4.69) is 16.0 Å². The molecule has 1 saturated heterocycles. The van der Waals surface area contributed by atoms with Gasteiger partial charge in [-0.15, -0.1) is 0 Å². The fraction of sp³-hybridized carbons (Fsp3) is 0.444. The second-order valence-corrected chi connectivity index (χ2v) is 6.45. The van der Waals surface area contributed by atoms with Gasteiger partial charge in [0.15, 0.2) is 0 Å². The molecule has 6 nitrogen and oxygen atoms in total. The Morgan fingerprint density at radius 1 is 1.12 bits per heavy atom. The van der Waals surface area contributed by atoms with E-state index >= 15 is 0 Å². The van der Waals surface area contributed by atoms with Crippen LogP contribution < -0.4 is 5.46 Å². The molecule has 2 N–H and O–H groups in total. The van der Waals surface area contributed by atoms with Crippen molar-refractivity contribution in [1.82, 2.24) is 9.80 Å². The number of amidine groups is 1. The number of piperazine rings is 1. The van der Waals surface area contributed by atoms with Gasteiger partial charge < -0.3 is 19.8 Å². The van der Waals surface area contributed by atoms with Crippen LogP contribution in [-0.2, 0) is 11.2 Å². The van der Waals surface area contributed by atoms with E-state index in [4.69, 9.17) is 10.0 Å². The van der Waals surface area contributed by atoms with Crippen molar-refractivity contribution in [3.8, 4) is 0 Å². The zero-order chi connectivity index (χ0) is 17.6. The predicted molar refractivity (Wildman–Crippen MR) is 98.6 cm³/mol. The Bertz CT molecular complexity index is 650. The molecule has 3 rings (SSSR count). The molecule has 1 aromatic rings. The van der Waals surface area contributed by atoms with Gasteiger partial charge >= 0.3 is 7.12 Å². The van der Waals surface area contributed by atoms with E-state index in [0.29, 0.717) is 18.3 Å². The van der Waals surface area contributed by atoms with Crippen LogP contribution in [0.1, 0.15) is 24.8 Å². The molecule has 0 bridgehead atoms. The van der Waals surface area contributed by atoms with Gasteiger partial charge in [-0.25, -0.2) is 4.99 Å². The third-order valence-corrected chi connectivity index (χ3v) is 4.77. The summed E-state index contributed by atoms with van der Waals surface area (Å²) in [5.41, 5.74) is 1.49. The summed E-state index contributed by atoms with van der Waals surface area (Å²) < 4.78 is 0. The lowest BCUT2D eigenvalue weighted by Crippen LogP contribution is -2.50. The van der Waals surface area contributed by atoms with Crippen LogP contribution in [0.5, 0.6) is 0 Å². The van der Waals surface area contributed by atoms with Crippen molar-refractivity contribution in [2.24, 2.45) is 4.99 Å². The highest BCUT2D eigenvalue weighted by Crippen LogP contribution is 2.12. The van der Waals surface area contributed by atoms with E-state index < -0.39 is 7.12 Å². The quantitative estimate of drug-likeness (QED) is 0.765. The van der Waals surface area contributed by atoms with Gasteiger partial charge in [0.25, 0.3) is 0 Å². The van der Waals surface area contributed by atoms with Gasteiger partial charge in [-0.1, -0.05) is 30.3 Å². The molecule has 0 atom stereocenters. The maximum Gasteiger partial charge on any atom is 0.488 e. The van der Waals surface area contributed by atoms with Crippen molar-refractivity contribution in [2.45, 2.75) is 25.7 Å². The summed E-state index contributed by atoms with van der Waals surface area (Å²) in [5, 5.41) is 18.2. The minimum Gasteiger partial charge on any atom is -0.423 e. The third kappa shape index (κ3) is 4.71. The first-order chi connectivity index (χ1) is 12.1. The molecular weight excluding hydrogens is 317 g/mol.